The highest BCUT2D eigenvalue weighted by atomic mass is 32.2. The van der Waals surface area contributed by atoms with E-state index in [2.05, 4.69) is 4.72 Å². The molecule has 0 spiro atoms. The molecule has 0 fully saturated rings. The Hall–Kier alpha value is -3.26. The molecule has 29 heavy (non-hydrogen) atoms. The topological polar surface area (TPSA) is 83.5 Å². The maximum atomic E-state index is 13.8. The molecule has 150 valence electrons. The van der Waals surface area contributed by atoms with Gasteiger partial charge in [-0.25, -0.2) is 22.0 Å². The Morgan fingerprint density at radius 2 is 1.41 bits per heavy atom. The van der Waals surface area contributed by atoms with Crippen molar-refractivity contribution in [1.29, 1.82) is 0 Å². The molecule has 0 aromatic heterocycles. The number of aryl methyl sites for hydroxylation is 2. The summed E-state index contributed by atoms with van der Waals surface area (Å²) in [6, 6.07) is 15.5. The lowest BCUT2D eigenvalue weighted by Gasteiger charge is -2.10. The largest absolute Gasteiger partial charge is 0.478 e. The second-order valence-corrected chi connectivity index (χ2v) is 8.03. The minimum absolute atomic E-state index is 0.225. The fourth-order valence-corrected chi connectivity index (χ4v) is 3.86. The Morgan fingerprint density at radius 1 is 0.862 bits per heavy atom. The monoisotopic (exact) mass is 417 g/mol. The first-order valence-electron chi connectivity index (χ1n) is 8.64. The Kier molecular flexibility index (Phi) is 5.93. The van der Waals surface area contributed by atoms with Crippen LogP contribution < -0.4 is 4.72 Å². The van der Waals surface area contributed by atoms with Crippen molar-refractivity contribution in [3.05, 3.63) is 95.1 Å². The average Bonchev–Trinajstić information content (AvgIpc) is 2.67. The number of halogens is 2. The molecule has 0 bridgehead atoms. The van der Waals surface area contributed by atoms with Crippen LogP contribution in [0.3, 0.4) is 0 Å². The first-order valence-corrected chi connectivity index (χ1v) is 10.1. The molecular weight excluding hydrogens is 400 g/mol. The number of anilines is 1. The van der Waals surface area contributed by atoms with Gasteiger partial charge in [-0.15, -0.1) is 0 Å². The lowest BCUT2D eigenvalue weighted by atomic mass is 10.0. The summed E-state index contributed by atoms with van der Waals surface area (Å²) in [5.74, 6) is -3.00. The molecule has 0 atom stereocenters. The van der Waals surface area contributed by atoms with Gasteiger partial charge in [-0.05, 0) is 60.4 Å². The Morgan fingerprint density at radius 3 is 1.93 bits per heavy atom. The molecule has 0 saturated heterocycles. The Balaban J connectivity index is 1.64. The van der Waals surface area contributed by atoms with Crippen molar-refractivity contribution in [2.75, 3.05) is 4.72 Å². The van der Waals surface area contributed by atoms with Gasteiger partial charge in [-0.3, -0.25) is 4.72 Å². The second kappa shape index (κ2) is 8.40. The van der Waals surface area contributed by atoms with E-state index >= 15 is 0 Å². The number of aromatic carboxylic acids is 1. The second-order valence-electron chi connectivity index (χ2n) is 6.38. The van der Waals surface area contributed by atoms with Gasteiger partial charge in [-0.2, -0.15) is 0 Å². The summed E-state index contributed by atoms with van der Waals surface area (Å²) < 4.78 is 53.6. The molecule has 3 aromatic carbocycles. The molecule has 0 heterocycles. The molecule has 0 saturated carbocycles. The average molecular weight is 417 g/mol. The number of hydrogen-bond donors (Lipinski definition) is 2. The third kappa shape index (κ3) is 5.17. The molecule has 0 aliphatic carbocycles. The Labute approximate surface area is 166 Å². The molecule has 0 unspecified atom stereocenters. The van der Waals surface area contributed by atoms with Crippen molar-refractivity contribution < 1.29 is 27.1 Å². The van der Waals surface area contributed by atoms with Crippen LogP contribution in [0.1, 0.15) is 21.5 Å². The van der Waals surface area contributed by atoms with Gasteiger partial charge in [-0.1, -0.05) is 24.3 Å². The summed E-state index contributed by atoms with van der Waals surface area (Å²) >= 11 is 0. The zero-order chi connectivity index (χ0) is 21.0. The fraction of sp³-hybridized carbons (Fsp3) is 0.0952. The van der Waals surface area contributed by atoms with Crippen LogP contribution in [0.25, 0.3) is 0 Å². The lowest BCUT2D eigenvalue weighted by Crippen LogP contribution is -2.14. The lowest BCUT2D eigenvalue weighted by molar-refractivity contribution is 0.0697. The van der Waals surface area contributed by atoms with Gasteiger partial charge in [0.05, 0.1) is 5.56 Å². The van der Waals surface area contributed by atoms with E-state index in [4.69, 9.17) is 5.11 Å². The molecular formula is C21H17F2NO4S. The zero-order valence-electron chi connectivity index (χ0n) is 15.1. The maximum absolute atomic E-state index is 13.8. The molecule has 0 aliphatic heterocycles. The summed E-state index contributed by atoms with van der Waals surface area (Å²) in [4.78, 5) is 10.2. The molecule has 8 heteroatoms. The fourth-order valence-electron chi connectivity index (χ4n) is 2.75. The number of nitrogens with one attached hydrogen (secondary N) is 1. The van der Waals surface area contributed by atoms with E-state index in [-0.39, 0.29) is 11.3 Å². The van der Waals surface area contributed by atoms with Gasteiger partial charge in [0, 0.05) is 11.8 Å². The van der Waals surface area contributed by atoms with Crippen LogP contribution >= 0.6 is 0 Å². The van der Waals surface area contributed by atoms with Gasteiger partial charge in [0.1, 0.15) is 16.5 Å². The van der Waals surface area contributed by atoms with E-state index in [1.165, 1.54) is 0 Å². The van der Waals surface area contributed by atoms with Crippen molar-refractivity contribution in [3.63, 3.8) is 0 Å². The van der Waals surface area contributed by atoms with Crippen LogP contribution in [0.5, 0.6) is 0 Å². The number of carbonyl (C=O) groups is 1. The number of hydrogen-bond acceptors (Lipinski definition) is 3. The van der Waals surface area contributed by atoms with E-state index in [1.54, 1.807) is 48.5 Å². The van der Waals surface area contributed by atoms with Gasteiger partial charge < -0.3 is 5.11 Å². The standard InChI is InChI=1S/C21H17F2NO4S/c22-17-9-12-20(19(23)13-17)29(27,28)24-18-10-5-15(6-11-18)2-1-14-3-7-16(8-4-14)21(25)26/h3-13,24H,1-2H2,(H,25,26). The number of sulfonamides is 1. The van der Waals surface area contributed by atoms with Crippen molar-refractivity contribution >= 4 is 21.7 Å². The zero-order valence-corrected chi connectivity index (χ0v) is 15.9. The first-order chi connectivity index (χ1) is 13.7. The van der Waals surface area contributed by atoms with Crippen molar-refractivity contribution in [2.24, 2.45) is 0 Å². The van der Waals surface area contributed by atoms with Crippen molar-refractivity contribution in [1.82, 2.24) is 0 Å². The summed E-state index contributed by atoms with van der Waals surface area (Å²) in [7, 11) is -4.18. The van der Waals surface area contributed by atoms with Gasteiger partial charge >= 0.3 is 5.97 Å². The third-order valence-electron chi connectivity index (χ3n) is 4.29. The number of benzene rings is 3. The normalized spacial score (nSPS) is 11.2. The van der Waals surface area contributed by atoms with E-state index in [0.29, 0.717) is 18.9 Å². The number of carboxylic acids is 1. The highest BCUT2D eigenvalue weighted by Gasteiger charge is 2.19. The summed E-state index contributed by atoms with van der Waals surface area (Å²) in [6.45, 7) is 0. The van der Waals surface area contributed by atoms with Crippen LogP contribution in [-0.4, -0.2) is 19.5 Å². The van der Waals surface area contributed by atoms with Crippen LogP contribution in [0.15, 0.2) is 71.6 Å². The van der Waals surface area contributed by atoms with E-state index in [9.17, 15) is 22.0 Å². The SMILES string of the molecule is O=C(O)c1ccc(CCc2ccc(NS(=O)(=O)c3ccc(F)cc3F)cc2)cc1. The molecule has 3 aromatic rings. The highest BCUT2D eigenvalue weighted by molar-refractivity contribution is 7.92. The summed E-state index contributed by atoms with van der Waals surface area (Å²) in [5.41, 5.74) is 2.40. The van der Waals surface area contributed by atoms with Crippen molar-refractivity contribution in [2.45, 2.75) is 17.7 Å². The predicted molar refractivity (Wildman–Crippen MR) is 104 cm³/mol. The van der Waals surface area contributed by atoms with E-state index in [1.807, 2.05) is 0 Å². The Bertz CT molecular complexity index is 1130. The third-order valence-corrected chi connectivity index (χ3v) is 5.71. The molecule has 0 aliphatic rings. The number of rotatable bonds is 7. The molecule has 0 radical (unpaired) electrons. The molecule has 2 N–H and O–H groups in total. The summed E-state index contributed by atoms with van der Waals surface area (Å²) in [6.07, 6.45) is 1.36. The van der Waals surface area contributed by atoms with E-state index < -0.39 is 32.5 Å². The highest BCUT2D eigenvalue weighted by Crippen LogP contribution is 2.20. The number of carboxylic acid groups (broad SMARTS) is 1. The maximum Gasteiger partial charge on any atom is 0.335 e. The van der Waals surface area contributed by atoms with Gasteiger partial charge in [0.15, 0.2) is 0 Å². The summed E-state index contributed by atoms with van der Waals surface area (Å²) in [5, 5.41) is 8.90. The van der Waals surface area contributed by atoms with Gasteiger partial charge in [0.25, 0.3) is 10.0 Å². The smallest absolute Gasteiger partial charge is 0.335 e. The minimum atomic E-state index is -4.18. The van der Waals surface area contributed by atoms with Crippen LogP contribution in [0.4, 0.5) is 14.5 Å². The van der Waals surface area contributed by atoms with Crippen LogP contribution in [0, 0.1) is 11.6 Å². The minimum Gasteiger partial charge on any atom is -0.478 e. The van der Waals surface area contributed by atoms with Crippen LogP contribution in [0.2, 0.25) is 0 Å². The van der Waals surface area contributed by atoms with Crippen molar-refractivity contribution in [3.8, 4) is 0 Å². The van der Waals surface area contributed by atoms with E-state index in [0.717, 1.165) is 23.3 Å². The first kappa shape index (κ1) is 20.5. The quantitative estimate of drug-likeness (QED) is 0.602. The molecule has 5 nitrogen and oxygen atoms in total. The van der Waals surface area contributed by atoms with Crippen LogP contribution in [-0.2, 0) is 22.9 Å². The van der Waals surface area contributed by atoms with Gasteiger partial charge in [0.2, 0.25) is 0 Å². The predicted octanol–water partition coefficient (Wildman–Crippen LogP) is 4.25. The molecule has 3 rings (SSSR count). The molecule has 0 amide bonds.